The number of fused-ring (bicyclic) bond motifs is 1. The lowest BCUT2D eigenvalue weighted by Crippen LogP contribution is -2.06. The molecule has 0 amide bonds. The third-order valence-electron chi connectivity index (χ3n) is 3.86. The largest absolute Gasteiger partial charge is 0.192 e. The van der Waals surface area contributed by atoms with Crippen molar-refractivity contribution in [2.75, 3.05) is 0 Å². The molecule has 0 spiro atoms. The highest BCUT2D eigenvalue weighted by molar-refractivity contribution is 6.01. The minimum Gasteiger partial charge on any atom is -0.192 e. The first kappa shape index (κ1) is 9.66. The van der Waals surface area contributed by atoms with Crippen LogP contribution >= 0.6 is 0 Å². The molecule has 1 saturated carbocycles. The molecule has 0 aromatic heterocycles. The van der Waals surface area contributed by atoms with Crippen LogP contribution in [0, 0.1) is 11.3 Å². The van der Waals surface area contributed by atoms with E-state index < -0.39 is 0 Å². The Balaban J connectivity index is 1.88. The monoisotopic (exact) mass is 209 g/mol. The van der Waals surface area contributed by atoms with Crippen molar-refractivity contribution in [1.29, 1.82) is 5.26 Å². The summed E-state index contributed by atoms with van der Waals surface area (Å²) in [6.07, 6.45) is 8.74. The summed E-state index contributed by atoms with van der Waals surface area (Å²) in [7, 11) is 0. The molecule has 1 heteroatoms. The van der Waals surface area contributed by atoms with E-state index in [1.807, 2.05) is 6.08 Å². The summed E-state index contributed by atoms with van der Waals surface area (Å²) in [4.78, 5) is 0. The summed E-state index contributed by atoms with van der Waals surface area (Å²) in [5.41, 5.74) is 4.70. The third-order valence-corrected chi connectivity index (χ3v) is 3.86. The van der Waals surface area contributed by atoms with Crippen LogP contribution in [0.5, 0.6) is 0 Å². The molecule has 0 atom stereocenters. The van der Waals surface area contributed by atoms with Gasteiger partial charge in [-0.05, 0) is 47.6 Å². The molecular weight excluding hydrogens is 194 g/mol. The van der Waals surface area contributed by atoms with Crippen molar-refractivity contribution >= 4 is 11.6 Å². The van der Waals surface area contributed by atoms with Crippen LogP contribution in [0.15, 0.2) is 18.2 Å². The van der Waals surface area contributed by atoms with E-state index in [1.54, 1.807) is 0 Å². The van der Waals surface area contributed by atoms with Gasteiger partial charge in [0.1, 0.15) is 0 Å². The number of allylic oxidation sites excluding steroid dienone is 1. The van der Waals surface area contributed by atoms with Gasteiger partial charge in [-0.1, -0.05) is 31.4 Å². The summed E-state index contributed by atoms with van der Waals surface area (Å²) < 4.78 is 0. The van der Waals surface area contributed by atoms with Gasteiger partial charge in [-0.15, -0.1) is 0 Å². The minimum absolute atomic E-state index is 0.736. The number of hydrogen-bond donors (Lipinski definition) is 0. The highest BCUT2D eigenvalue weighted by atomic mass is 14.3. The zero-order valence-corrected chi connectivity index (χ0v) is 9.37. The van der Waals surface area contributed by atoms with Crippen molar-refractivity contribution in [2.24, 2.45) is 0 Å². The molecule has 1 fully saturated rings. The lowest BCUT2D eigenvalue weighted by molar-refractivity contribution is 0.443. The smallest absolute Gasteiger partial charge is 0.0998 e. The first-order valence-electron chi connectivity index (χ1n) is 6.14. The molecule has 2 aliphatic carbocycles. The van der Waals surface area contributed by atoms with Gasteiger partial charge in [0.05, 0.1) is 11.6 Å². The second kappa shape index (κ2) is 3.79. The van der Waals surface area contributed by atoms with E-state index in [4.69, 9.17) is 5.26 Å². The normalized spacial score (nSPS) is 19.3. The van der Waals surface area contributed by atoms with Crippen LogP contribution in [0.3, 0.4) is 0 Å². The molecule has 0 radical (unpaired) electrons. The van der Waals surface area contributed by atoms with E-state index in [9.17, 15) is 0 Å². The van der Waals surface area contributed by atoms with E-state index in [1.165, 1.54) is 48.8 Å². The number of nitrogens with zero attached hydrogens (tertiary/aromatic N) is 1. The summed E-state index contributed by atoms with van der Waals surface area (Å²) >= 11 is 0. The molecule has 2 aliphatic rings. The Hall–Kier alpha value is -1.55. The molecule has 0 aliphatic heterocycles. The van der Waals surface area contributed by atoms with Crippen molar-refractivity contribution in [3.05, 3.63) is 34.9 Å². The van der Waals surface area contributed by atoms with Crippen LogP contribution in [-0.2, 0) is 0 Å². The lowest BCUT2D eigenvalue weighted by Gasteiger charge is -2.24. The summed E-state index contributed by atoms with van der Waals surface area (Å²) in [6.45, 7) is 0. The van der Waals surface area contributed by atoms with Crippen molar-refractivity contribution in [1.82, 2.24) is 0 Å². The van der Waals surface area contributed by atoms with Crippen molar-refractivity contribution in [2.45, 2.75) is 38.0 Å². The van der Waals surface area contributed by atoms with Gasteiger partial charge in [0.2, 0.25) is 0 Å². The molecule has 1 aromatic rings. The highest BCUT2D eigenvalue weighted by Crippen LogP contribution is 2.38. The van der Waals surface area contributed by atoms with Gasteiger partial charge in [0.15, 0.2) is 0 Å². The fraction of sp³-hybridized carbons (Fsp3) is 0.400. The number of hydrogen-bond acceptors (Lipinski definition) is 1. The van der Waals surface area contributed by atoms with Gasteiger partial charge in [-0.25, -0.2) is 0 Å². The molecule has 0 unspecified atom stereocenters. The molecule has 0 heterocycles. The van der Waals surface area contributed by atoms with Crippen LogP contribution < -0.4 is 0 Å². The Kier molecular flexibility index (Phi) is 2.29. The van der Waals surface area contributed by atoms with Gasteiger partial charge in [-0.2, -0.15) is 5.26 Å². The molecule has 16 heavy (non-hydrogen) atoms. The maximum Gasteiger partial charge on any atom is 0.0998 e. The summed E-state index contributed by atoms with van der Waals surface area (Å²) in [5.74, 6) is 0.736. The van der Waals surface area contributed by atoms with E-state index in [2.05, 4.69) is 24.3 Å². The first-order valence-corrected chi connectivity index (χ1v) is 6.14. The Morgan fingerprint density at radius 1 is 1.12 bits per heavy atom. The molecule has 1 aromatic carbocycles. The molecule has 0 N–H and O–H groups in total. The maximum absolute atomic E-state index is 8.92. The Bertz CT molecular complexity index is 485. The molecule has 3 rings (SSSR count). The standard InChI is InChI=1S/C15H15N/c16-10-14-8-13-7-6-12(9-15(13)14)11-4-2-1-3-5-11/h6-9,11H,1-5H2. The van der Waals surface area contributed by atoms with Gasteiger partial charge >= 0.3 is 0 Å². The molecular formula is C15H15N. The highest BCUT2D eigenvalue weighted by Gasteiger charge is 2.20. The van der Waals surface area contributed by atoms with E-state index in [-0.39, 0.29) is 0 Å². The fourth-order valence-electron chi connectivity index (χ4n) is 2.87. The topological polar surface area (TPSA) is 23.8 Å². The SMILES string of the molecule is N#CC1=Cc2ccc(C3CCCCC3)cc21. The fourth-order valence-corrected chi connectivity index (χ4v) is 2.87. The zero-order valence-electron chi connectivity index (χ0n) is 9.37. The zero-order chi connectivity index (χ0) is 11.0. The van der Waals surface area contributed by atoms with Crippen molar-refractivity contribution < 1.29 is 0 Å². The van der Waals surface area contributed by atoms with Crippen molar-refractivity contribution in [3.63, 3.8) is 0 Å². The minimum atomic E-state index is 0.736. The van der Waals surface area contributed by atoms with Crippen molar-refractivity contribution in [3.8, 4) is 6.07 Å². The maximum atomic E-state index is 8.92. The summed E-state index contributed by atoms with van der Waals surface area (Å²) in [6, 6.07) is 8.91. The van der Waals surface area contributed by atoms with Gasteiger partial charge in [0.25, 0.3) is 0 Å². The van der Waals surface area contributed by atoms with Gasteiger partial charge in [0, 0.05) is 0 Å². The van der Waals surface area contributed by atoms with Crippen LogP contribution in [0.25, 0.3) is 11.6 Å². The van der Waals surface area contributed by atoms with E-state index >= 15 is 0 Å². The van der Waals surface area contributed by atoms with Gasteiger partial charge in [-0.3, -0.25) is 0 Å². The van der Waals surface area contributed by atoms with Crippen LogP contribution in [-0.4, -0.2) is 0 Å². The molecule has 0 bridgehead atoms. The predicted molar refractivity (Wildman–Crippen MR) is 65.8 cm³/mol. The molecule has 80 valence electrons. The van der Waals surface area contributed by atoms with E-state index in [0.29, 0.717) is 0 Å². The van der Waals surface area contributed by atoms with Crippen LogP contribution in [0.1, 0.15) is 54.7 Å². The second-order valence-corrected chi connectivity index (χ2v) is 4.85. The van der Waals surface area contributed by atoms with Gasteiger partial charge < -0.3 is 0 Å². The van der Waals surface area contributed by atoms with E-state index in [0.717, 1.165) is 11.5 Å². The number of nitriles is 1. The lowest BCUT2D eigenvalue weighted by atomic mass is 9.80. The van der Waals surface area contributed by atoms with Crippen LogP contribution in [0.2, 0.25) is 0 Å². The molecule has 1 nitrogen and oxygen atoms in total. The quantitative estimate of drug-likeness (QED) is 0.682. The Morgan fingerprint density at radius 3 is 2.69 bits per heavy atom. The number of rotatable bonds is 1. The van der Waals surface area contributed by atoms with Crippen LogP contribution in [0.4, 0.5) is 0 Å². The Labute approximate surface area is 96.4 Å². The summed E-state index contributed by atoms with van der Waals surface area (Å²) in [5, 5.41) is 8.92. The second-order valence-electron chi connectivity index (χ2n) is 4.85. The number of benzene rings is 1. The predicted octanol–water partition coefficient (Wildman–Crippen LogP) is 4.11. The Morgan fingerprint density at radius 2 is 1.94 bits per heavy atom. The average Bonchev–Trinajstić information content (AvgIpc) is 2.32. The average molecular weight is 209 g/mol. The third kappa shape index (κ3) is 1.46. The first-order chi connectivity index (χ1) is 7.88. The molecule has 0 saturated heterocycles.